The Labute approximate surface area is 182 Å². The molecule has 1 aliphatic heterocycles. The predicted molar refractivity (Wildman–Crippen MR) is 116 cm³/mol. The van der Waals surface area contributed by atoms with Crippen molar-refractivity contribution in [3.63, 3.8) is 0 Å². The maximum absolute atomic E-state index is 13.7. The first-order valence-electron chi connectivity index (χ1n) is 9.43. The molecule has 1 aliphatic rings. The summed E-state index contributed by atoms with van der Waals surface area (Å²) in [6, 6.07) is 22.0. The summed E-state index contributed by atoms with van der Waals surface area (Å²) < 4.78 is 36.6. The van der Waals surface area contributed by atoms with Gasteiger partial charge < -0.3 is 8.37 Å². The molecule has 0 spiro atoms. The molecule has 2 aromatic heterocycles. The minimum Gasteiger partial charge on any atom is -0.351 e. The highest BCUT2D eigenvalue weighted by Gasteiger charge is 2.38. The summed E-state index contributed by atoms with van der Waals surface area (Å²) in [4.78, 5) is 18.1. The van der Waals surface area contributed by atoms with Gasteiger partial charge in [-0.2, -0.15) is 5.26 Å². The molecule has 4 aromatic rings. The summed E-state index contributed by atoms with van der Waals surface area (Å²) in [7, 11) is -4.53. The van der Waals surface area contributed by atoms with E-state index in [1.165, 1.54) is 12.3 Å². The van der Waals surface area contributed by atoms with Gasteiger partial charge in [-0.1, -0.05) is 42.5 Å². The molecule has 0 amide bonds. The Bertz CT molecular complexity index is 1560. The van der Waals surface area contributed by atoms with Gasteiger partial charge in [0, 0.05) is 11.8 Å². The summed E-state index contributed by atoms with van der Waals surface area (Å²) in [5, 5.41) is 9.62. The van der Waals surface area contributed by atoms with Gasteiger partial charge in [0.1, 0.15) is 5.56 Å². The van der Waals surface area contributed by atoms with E-state index < -0.39 is 16.0 Å². The van der Waals surface area contributed by atoms with Crippen molar-refractivity contribution in [1.82, 2.24) is 9.55 Å². The summed E-state index contributed by atoms with van der Waals surface area (Å²) in [5.41, 5.74) is 0.650. The molecular weight excluding hydrogens is 430 g/mol. The molecule has 0 aliphatic carbocycles. The minimum absolute atomic E-state index is 0.0812. The van der Waals surface area contributed by atoms with E-state index in [1.807, 2.05) is 6.07 Å². The van der Waals surface area contributed by atoms with E-state index in [9.17, 15) is 18.5 Å². The molecule has 0 atom stereocenters. The zero-order chi connectivity index (χ0) is 22.3. The van der Waals surface area contributed by atoms with Crippen LogP contribution in [-0.2, 0) is 10.4 Å². The number of nitriles is 1. The lowest BCUT2D eigenvalue weighted by Crippen LogP contribution is -2.32. The average molecular weight is 443 g/mol. The lowest BCUT2D eigenvalue weighted by molar-refractivity contribution is 0.367. The normalized spacial score (nSPS) is 13.5. The monoisotopic (exact) mass is 443 g/mol. The number of aromatic nitrogens is 2. The van der Waals surface area contributed by atoms with Crippen LogP contribution in [0.2, 0.25) is 0 Å². The first kappa shape index (κ1) is 19.5. The van der Waals surface area contributed by atoms with Crippen LogP contribution in [0.1, 0.15) is 5.56 Å². The van der Waals surface area contributed by atoms with Gasteiger partial charge in [0.25, 0.3) is 5.56 Å². The molecule has 0 fully saturated rings. The Morgan fingerprint density at radius 2 is 1.59 bits per heavy atom. The van der Waals surface area contributed by atoms with E-state index in [2.05, 4.69) is 4.98 Å². The van der Waals surface area contributed by atoms with Gasteiger partial charge in [-0.05, 0) is 30.3 Å². The number of benzene rings is 2. The first-order valence-corrected chi connectivity index (χ1v) is 10.8. The third-order valence-corrected chi connectivity index (χ3v) is 5.64. The van der Waals surface area contributed by atoms with E-state index in [0.717, 1.165) is 4.57 Å². The molecule has 5 rings (SSSR count). The molecule has 0 N–H and O–H groups in total. The average Bonchev–Trinajstić information content (AvgIpc) is 2.80. The maximum atomic E-state index is 13.7. The van der Waals surface area contributed by atoms with Crippen molar-refractivity contribution in [3.8, 4) is 45.8 Å². The highest BCUT2D eigenvalue weighted by Crippen LogP contribution is 2.47. The van der Waals surface area contributed by atoms with E-state index in [4.69, 9.17) is 8.37 Å². The Balaban J connectivity index is 2.01. The molecule has 0 saturated carbocycles. The van der Waals surface area contributed by atoms with Crippen LogP contribution < -0.4 is 13.9 Å². The van der Waals surface area contributed by atoms with Gasteiger partial charge in [-0.15, -0.1) is 8.42 Å². The number of para-hydroxylation sites is 1. The Morgan fingerprint density at radius 1 is 0.875 bits per heavy atom. The second-order valence-corrected chi connectivity index (χ2v) is 7.96. The lowest BCUT2D eigenvalue weighted by atomic mass is 9.97. The van der Waals surface area contributed by atoms with Gasteiger partial charge >= 0.3 is 10.4 Å². The smallest absolute Gasteiger partial charge is 0.351 e. The maximum Gasteiger partial charge on any atom is 0.502 e. The molecule has 156 valence electrons. The van der Waals surface area contributed by atoms with Crippen LogP contribution in [0.3, 0.4) is 0 Å². The molecule has 0 saturated heterocycles. The summed E-state index contributed by atoms with van der Waals surface area (Å²) >= 11 is 0. The first-order chi connectivity index (χ1) is 15.5. The van der Waals surface area contributed by atoms with E-state index in [1.54, 1.807) is 66.7 Å². The predicted octanol–water partition coefficient (Wildman–Crippen LogP) is 3.45. The lowest BCUT2D eigenvalue weighted by Gasteiger charge is -2.26. The highest BCUT2D eigenvalue weighted by atomic mass is 32.3. The quantitative estimate of drug-likeness (QED) is 0.477. The van der Waals surface area contributed by atoms with Crippen LogP contribution >= 0.6 is 0 Å². The van der Waals surface area contributed by atoms with Gasteiger partial charge in [0.15, 0.2) is 5.75 Å². The van der Waals surface area contributed by atoms with Crippen LogP contribution in [-0.4, -0.2) is 18.0 Å². The summed E-state index contributed by atoms with van der Waals surface area (Å²) in [6.07, 6.45) is 1.53. The third kappa shape index (κ3) is 3.10. The molecule has 0 radical (unpaired) electrons. The number of hydrogen-bond donors (Lipinski definition) is 0. The van der Waals surface area contributed by atoms with Gasteiger partial charge in [-0.3, -0.25) is 9.78 Å². The van der Waals surface area contributed by atoms with E-state index in [-0.39, 0.29) is 33.9 Å². The van der Waals surface area contributed by atoms with Crippen molar-refractivity contribution < 1.29 is 16.8 Å². The second kappa shape index (κ2) is 7.37. The van der Waals surface area contributed by atoms with Crippen molar-refractivity contribution in [2.75, 3.05) is 0 Å². The second-order valence-electron chi connectivity index (χ2n) is 6.81. The van der Waals surface area contributed by atoms with Crippen molar-refractivity contribution in [2.45, 2.75) is 0 Å². The Kier molecular flexibility index (Phi) is 4.50. The van der Waals surface area contributed by atoms with Crippen LogP contribution in [0.5, 0.6) is 11.6 Å². The van der Waals surface area contributed by atoms with Gasteiger partial charge in [0.2, 0.25) is 5.88 Å². The third-order valence-electron chi connectivity index (χ3n) is 4.91. The molecule has 32 heavy (non-hydrogen) atoms. The summed E-state index contributed by atoms with van der Waals surface area (Å²) in [5.74, 6) is -0.468. The number of fused-ring (bicyclic) bond motifs is 2. The van der Waals surface area contributed by atoms with Crippen molar-refractivity contribution in [2.24, 2.45) is 0 Å². The molecular formula is C23H13N3O5S. The van der Waals surface area contributed by atoms with Crippen LogP contribution in [0.25, 0.3) is 28.1 Å². The topological polar surface area (TPSA) is 111 Å². The zero-order valence-corrected chi connectivity index (χ0v) is 17.1. The fraction of sp³-hybridized carbons (Fsp3) is 0. The number of nitrogens with zero attached hydrogens (tertiary/aromatic N) is 3. The van der Waals surface area contributed by atoms with Gasteiger partial charge in [-0.25, -0.2) is 4.57 Å². The van der Waals surface area contributed by atoms with E-state index >= 15 is 0 Å². The molecule has 8 nitrogen and oxygen atoms in total. The molecule has 2 aromatic carbocycles. The number of rotatable bonds is 3. The number of pyridine rings is 2. The summed E-state index contributed by atoms with van der Waals surface area (Å²) in [6.45, 7) is 0. The van der Waals surface area contributed by atoms with E-state index in [0.29, 0.717) is 11.4 Å². The van der Waals surface area contributed by atoms with Crippen molar-refractivity contribution >= 4 is 10.4 Å². The molecule has 3 heterocycles. The highest BCUT2D eigenvalue weighted by molar-refractivity contribution is 7.82. The standard InChI is InChI=1S/C23H13N3O5S/c24-14-15-8-4-5-11-17(15)19-21-20(18-12-6-7-13-25-18)23(31-32(28,29)30-21)26(22(19)27)16-9-2-1-3-10-16/h1-13H. The fourth-order valence-electron chi connectivity index (χ4n) is 3.60. The number of hydrogen-bond acceptors (Lipinski definition) is 7. The molecule has 2 bridgehead atoms. The largest absolute Gasteiger partial charge is 0.502 e. The zero-order valence-electron chi connectivity index (χ0n) is 16.3. The fourth-order valence-corrected chi connectivity index (χ4v) is 4.35. The Hall–Kier alpha value is -4.42. The molecule has 9 heteroatoms. The van der Waals surface area contributed by atoms with Crippen LogP contribution in [0.4, 0.5) is 0 Å². The Morgan fingerprint density at radius 3 is 2.31 bits per heavy atom. The molecule has 0 unspecified atom stereocenters. The van der Waals surface area contributed by atoms with Crippen molar-refractivity contribution in [1.29, 1.82) is 5.26 Å². The van der Waals surface area contributed by atoms with Crippen LogP contribution in [0, 0.1) is 11.3 Å². The van der Waals surface area contributed by atoms with Gasteiger partial charge in [0.05, 0.1) is 28.6 Å². The minimum atomic E-state index is -4.53. The van der Waals surface area contributed by atoms with Crippen molar-refractivity contribution in [3.05, 3.63) is 94.9 Å². The SMILES string of the molecule is N#Cc1ccccc1-c1c2c(-c3ccccn3)c(n(-c3ccccc3)c1=O)OS(=O)(=O)O2. The van der Waals surface area contributed by atoms with Crippen LogP contribution in [0.15, 0.2) is 83.8 Å².